The topological polar surface area (TPSA) is 141 Å². The normalized spacial score (nSPS) is 18.8. The van der Waals surface area contributed by atoms with Gasteiger partial charge in [-0.1, -0.05) is 0 Å². The van der Waals surface area contributed by atoms with Crippen molar-refractivity contribution in [1.29, 1.82) is 0 Å². The van der Waals surface area contributed by atoms with Gasteiger partial charge in [0, 0.05) is 24.7 Å². The Labute approximate surface area is 216 Å². The van der Waals surface area contributed by atoms with Crippen LogP contribution in [0.2, 0.25) is 0 Å². The number of rotatable bonds is 7. The lowest BCUT2D eigenvalue weighted by Gasteiger charge is -2.44. The van der Waals surface area contributed by atoms with Crippen LogP contribution in [0.5, 0.6) is 5.75 Å². The standard InChI is InChI=1S/C25H27F3N8O2/c1-38-19-8-15(26)3-4-16(19)17-7-14(10-36-13-34-20-23(29)32-12-33-24(20)36)18(9-31-17)35-6-2-5-25(30,11-35)21(37)22(27)28/h3-4,7-9,12-13,21-22,37H,2,5-6,10-11,30H2,1H3,(H2,29,32,33)/t21?,25-/m1/s1. The lowest BCUT2D eigenvalue weighted by molar-refractivity contribution is -0.0529. The molecule has 0 bridgehead atoms. The third-order valence-electron chi connectivity index (χ3n) is 6.90. The first-order chi connectivity index (χ1) is 18.2. The number of anilines is 2. The van der Waals surface area contributed by atoms with Gasteiger partial charge in [-0.15, -0.1) is 0 Å². The first-order valence-corrected chi connectivity index (χ1v) is 11.9. The summed E-state index contributed by atoms with van der Waals surface area (Å²) in [6.45, 7) is 0.807. The highest BCUT2D eigenvalue weighted by Crippen LogP contribution is 2.35. The molecule has 4 heterocycles. The van der Waals surface area contributed by atoms with Gasteiger partial charge >= 0.3 is 0 Å². The van der Waals surface area contributed by atoms with Crippen molar-refractivity contribution in [2.75, 3.05) is 30.8 Å². The minimum Gasteiger partial charge on any atom is -0.496 e. The Morgan fingerprint density at radius 2 is 2.00 bits per heavy atom. The smallest absolute Gasteiger partial charge is 0.265 e. The molecule has 38 heavy (non-hydrogen) atoms. The first-order valence-electron chi connectivity index (χ1n) is 11.9. The Hall–Kier alpha value is -3.97. The zero-order chi connectivity index (χ0) is 27.0. The van der Waals surface area contributed by atoms with Crippen LogP contribution in [0.3, 0.4) is 0 Å². The fourth-order valence-electron chi connectivity index (χ4n) is 4.93. The monoisotopic (exact) mass is 528 g/mol. The molecular formula is C25H27F3N8O2. The Bertz CT molecular complexity index is 1470. The van der Waals surface area contributed by atoms with Gasteiger partial charge in [0.1, 0.15) is 29.5 Å². The van der Waals surface area contributed by atoms with Crippen molar-refractivity contribution in [2.45, 2.75) is 37.5 Å². The number of ether oxygens (including phenoxy) is 1. The molecule has 0 spiro atoms. The van der Waals surface area contributed by atoms with E-state index in [4.69, 9.17) is 16.2 Å². The molecule has 3 aromatic heterocycles. The Balaban J connectivity index is 1.59. The molecular weight excluding hydrogens is 501 g/mol. The number of benzene rings is 1. The summed E-state index contributed by atoms with van der Waals surface area (Å²) in [5.74, 6) is 0.101. The molecule has 1 saturated heterocycles. The molecule has 2 atom stereocenters. The van der Waals surface area contributed by atoms with E-state index in [0.29, 0.717) is 46.8 Å². The number of fused-ring (bicyclic) bond motifs is 1. The predicted molar refractivity (Wildman–Crippen MR) is 135 cm³/mol. The molecule has 0 amide bonds. The highest BCUT2D eigenvalue weighted by atomic mass is 19.3. The Morgan fingerprint density at radius 1 is 1.18 bits per heavy atom. The molecule has 10 nitrogen and oxygen atoms in total. The molecule has 4 aromatic rings. The van der Waals surface area contributed by atoms with Gasteiger partial charge in [0.25, 0.3) is 6.43 Å². The van der Waals surface area contributed by atoms with Crippen molar-refractivity contribution < 1.29 is 23.0 Å². The molecule has 1 unspecified atom stereocenters. The number of piperidine rings is 1. The molecule has 0 saturated carbocycles. The second kappa shape index (κ2) is 10.1. The van der Waals surface area contributed by atoms with E-state index < -0.39 is 23.9 Å². The number of nitrogens with zero attached hydrogens (tertiary/aromatic N) is 6. The van der Waals surface area contributed by atoms with Crippen LogP contribution >= 0.6 is 0 Å². The van der Waals surface area contributed by atoms with Gasteiger partial charge in [-0.05, 0) is 36.6 Å². The zero-order valence-corrected chi connectivity index (χ0v) is 20.6. The number of methoxy groups -OCH3 is 1. The molecule has 200 valence electrons. The van der Waals surface area contributed by atoms with Crippen LogP contribution in [-0.2, 0) is 6.54 Å². The van der Waals surface area contributed by atoms with E-state index in [1.807, 2.05) is 11.0 Å². The maximum atomic E-state index is 13.8. The summed E-state index contributed by atoms with van der Waals surface area (Å²) in [5.41, 5.74) is 14.2. The third-order valence-corrected chi connectivity index (χ3v) is 6.90. The molecule has 0 radical (unpaired) electrons. The highest BCUT2D eigenvalue weighted by Gasteiger charge is 2.43. The van der Waals surface area contributed by atoms with Gasteiger partial charge in [0.2, 0.25) is 0 Å². The number of pyridine rings is 1. The fraction of sp³-hybridized carbons (Fsp3) is 0.360. The average molecular weight is 529 g/mol. The van der Waals surface area contributed by atoms with E-state index in [0.717, 1.165) is 5.56 Å². The molecule has 1 aliphatic heterocycles. The SMILES string of the molecule is COc1cc(F)ccc1-c1cc(Cn2cnc3c(N)ncnc32)c(N2CCC[C@](N)(C(O)C(F)F)C2)cn1. The second-order valence-electron chi connectivity index (χ2n) is 9.38. The van der Waals surface area contributed by atoms with Gasteiger partial charge in [0.15, 0.2) is 11.5 Å². The number of aromatic nitrogens is 5. The van der Waals surface area contributed by atoms with E-state index in [-0.39, 0.29) is 25.3 Å². The van der Waals surface area contributed by atoms with E-state index in [9.17, 15) is 18.3 Å². The van der Waals surface area contributed by atoms with Crippen LogP contribution in [0.4, 0.5) is 24.7 Å². The van der Waals surface area contributed by atoms with Crippen LogP contribution in [0.15, 0.2) is 43.1 Å². The van der Waals surface area contributed by atoms with Gasteiger partial charge in [0.05, 0.1) is 43.1 Å². The summed E-state index contributed by atoms with van der Waals surface area (Å²) < 4.78 is 47.8. The van der Waals surface area contributed by atoms with Crippen LogP contribution in [-0.4, -0.2) is 67.9 Å². The van der Waals surface area contributed by atoms with Crippen molar-refractivity contribution in [1.82, 2.24) is 24.5 Å². The van der Waals surface area contributed by atoms with E-state index in [1.54, 1.807) is 23.2 Å². The lowest BCUT2D eigenvalue weighted by Crippen LogP contribution is -2.63. The van der Waals surface area contributed by atoms with E-state index >= 15 is 0 Å². The molecule has 5 N–H and O–H groups in total. The van der Waals surface area contributed by atoms with Crippen molar-refractivity contribution >= 4 is 22.7 Å². The van der Waals surface area contributed by atoms with Gasteiger partial charge in [-0.2, -0.15) is 0 Å². The van der Waals surface area contributed by atoms with Gasteiger partial charge < -0.3 is 30.8 Å². The number of nitrogen functional groups attached to an aromatic ring is 1. The van der Waals surface area contributed by atoms with Crippen molar-refractivity contribution in [2.24, 2.45) is 5.73 Å². The van der Waals surface area contributed by atoms with Crippen LogP contribution in [0, 0.1) is 5.82 Å². The van der Waals surface area contributed by atoms with Crippen LogP contribution < -0.4 is 21.1 Å². The third kappa shape index (κ3) is 4.70. The number of alkyl halides is 2. The highest BCUT2D eigenvalue weighted by molar-refractivity contribution is 5.81. The van der Waals surface area contributed by atoms with Crippen molar-refractivity contribution in [3.05, 3.63) is 54.5 Å². The van der Waals surface area contributed by atoms with E-state index in [2.05, 4.69) is 19.9 Å². The minimum atomic E-state index is -2.96. The van der Waals surface area contributed by atoms with Gasteiger partial charge in [-0.3, -0.25) is 4.98 Å². The predicted octanol–water partition coefficient (Wildman–Crippen LogP) is 2.59. The summed E-state index contributed by atoms with van der Waals surface area (Å²) in [7, 11) is 1.44. The van der Waals surface area contributed by atoms with Gasteiger partial charge in [-0.25, -0.2) is 28.1 Å². The average Bonchev–Trinajstić information content (AvgIpc) is 3.32. The number of nitrogens with two attached hydrogens (primary N) is 2. The molecule has 5 rings (SSSR count). The largest absolute Gasteiger partial charge is 0.496 e. The summed E-state index contributed by atoms with van der Waals surface area (Å²) in [6, 6.07) is 5.98. The zero-order valence-electron chi connectivity index (χ0n) is 20.6. The summed E-state index contributed by atoms with van der Waals surface area (Å²) in [6.07, 6.45) is 0.376. The quantitative estimate of drug-likeness (QED) is 0.330. The lowest BCUT2D eigenvalue weighted by atomic mass is 9.84. The summed E-state index contributed by atoms with van der Waals surface area (Å²) in [5, 5.41) is 10.2. The molecule has 1 aromatic carbocycles. The Morgan fingerprint density at radius 3 is 2.76 bits per heavy atom. The molecule has 1 fully saturated rings. The summed E-state index contributed by atoms with van der Waals surface area (Å²) in [4.78, 5) is 19.0. The number of hydrogen-bond donors (Lipinski definition) is 3. The number of imidazole rings is 1. The molecule has 13 heteroatoms. The van der Waals surface area contributed by atoms with Crippen LogP contribution in [0.1, 0.15) is 18.4 Å². The van der Waals surface area contributed by atoms with Crippen molar-refractivity contribution in [3.8, 4) is 17.0 Å². The second-order valence-corrected chi connectivity index (χ2v) is 9.38. The van der Waals surface area contributed by atoms with Crippen molar-refractivity contribution in [3.63, 3.8) is 0 Å². The van der Waals surface area contributed by atoms with Crippen LogP contribution in [0.25, 0.3) is 22.4 Å². The number of aliphatic hydroxyl groups excluding tert-OH is 1. The number of aliphatic hydroxyl groups is 1. The maximum absolute atomic E-state index is 13.8. The molecule has 1 aliphatic rings. The maximum Gasteiger partial charge on any atom is 0.265 e. The molecule has 0 aliphatic carbocycles. The summed E-state index contributed by atoms with van der Waals surface area (Å²) >= 11 is 0. The number of hydrogen-bond acceptors (Lipinski definition) is 9. The Kier molecular flexibility index (Phi) is 6.80. The van der Waals surface area contributed by atoms with E-state index in [1.165, 1.54) is 25.6 Å². The first kappa shape index (κ1) is 25.7. The fourth-order valence-corrected chi connectivity index (χ4v) is 4.93. The minimum absolute atomic E-state index is 0.00615. The number of halogens is 3.